The van der Waals surface area contributed by atoms with Crippen molar-refractivity contribution in [2.75, 3.05) is 25.0 Å². The van der Waals surface area contributed by atoms with Crippen LogP contribution in [0.15, 0.2) is 66.0 Å². The van der Waals surface area contributed by atoms with E-state index in [0.29, 0.717) is 18.5 Å². The van der Waals surface area contributed by atoms with Gasteiger partial charge in [-0.3, -0.25) is 0 Å². The molecule has 6 nitrogen and oxygen atoms in total. The smallest absolute Gasteiger partial charge is 0.226 e. The normalized spacial score (nSPS) is 19.6. The second kappa shape index (κ2) is 13.0. The van der Waals surface area contributed by atoms with Gasteiger partial charge in [-0.15, -0.1) is 0 Å². The lowest BCUT2D eigenvalue weighted by Crippen LogP contribution is -2.29. The number of hydrogen-bond donors (Lipinski definition) is 3. The Kier molecular flexibility index (Phi) is 9.53. The largest absolute Gasteiger partial charge is 0.396 e. The maximum absolute atomic E-state index is 9.34. The molecule has 36 heavy (non-hydrogen) atoms. The summed E-state index contributed by atoms with van der Waals surface area (Å²) in [6, 6.07) is 6.81. The van der Waals surface area contributed by atoms with Gasteiger partial charge in [-0.1, -0.05) is 49.9 Å². The first-order valence-corrected chi connectivity index (χ1v) is 13.5. The van der Waals surface area contributed by atoms with E-state index >= 15 is 0 Å². The molecule has 1 aromatic heterocycles. The van der Waals surface area contributed by atoms with Crippen LogP contribution in [0.5, 0.6) is 0 Å². The number of rotatable bonds is 10. The molecule has 0 amide bonds. The van der Waals surface area contributed by atoms with Crippen LogP contribution in [0.3, 0.4) is 0 Å². The molecule has 7 heteroatoms. The number of aliphatic hydroxyl groups is 1. The second-order valence-corrected chi connectivity index (χ2v) is 10.6. The number of piperidine rings is 1. The SMILES string of the molecule is C=C/C(=C\C=C(/CC)Nc1ncc(/C=C/c2ccc3c(c2)CC(N)C3)cn1)SN1CCC(CO)CC1. The molecule has 1 unspecified atom stereocenters. The van der Waals surface area contributed by atoms with Crippen LogP contribution in [0.25, 0.3) is 12.2 Å². The van der Waals surface area contributed by atoms with Crippen molar-refractivity contribution >= 4 is 30.0 Å². The quantitative estimate of drug-likeness (QED) is 0.303. The van der Waals surface area contributed by atoms with Crippen LogP contribution in [-0.4, -0.2) is 45.1 Å². The van der Waals surface area contributed by atoms with Crippen molar-refractivity contribution in [3.8, 4) is 0 Å². The molecule has 1 saturated heterocycles. The summed E-state index contributed by atoms with van der Waals surface area (Å²) in [5, 5.41) is 12.7. The zero-order valence-electron chi connectivity index (χ0n) is 21.1. The van der Waals surface area contributed by atoms with Gasteiger partial charge in [-0.2, -0.15) is 0 Å². The molecular weight excluding hydrogens is 466 g/mol. The highest BCUT2D eigenvalue weighted by Gasteiger charge is 2.19. The van der Waals surface area contributed by atoms with E-state index in [2.05, 4.69) is 69.5 Å². The maximum atomic E-state index is 9.34. The van der Waals surface area contributed by atoms with E-state index in [4.69, 9.17) is 5.73 Å². The molecule has 0 spiro atoms. The zero-order valence-corrected chi connectivity index (χ0v) is 21.9. The molecular formula is C29H37N5OS. The summed E-state index contributed by atoms with van der Waals surface area (Å²) in [5.41, 5.74) is 12.0. The van der Waals surface area contributed by atoms with Crippen molar-refractivity contribution in [3.63, 3.8) is 0 Å². The fourth-order valence-electron chi connectivity index (χ4n) is 4.50. The van der Waals surface area contributed by atoms with Crippen LogP contribution >= 0.6 is 11.9 Å². The lowest BCUT2D eigenvalue weighted by atomic mass is 10.00. The van der Waals surface area contributed by atoms with E-state index in [0.717, 1.165) is 61.4 Å². The molecule has 4 rings (SSSR count). The molecule has 2 aliphatic rings. The summed E-state index contributed by atoms with van der Waals surface area (Å²) in [6.07, 6.45) is 18.7. The Bertz CT molecular complexity index is 1120. The number of nitrogens with two attached hydrogens (primary N) is 1. The Hall–Kier alpha value is -2.71. The van der Waals surface area contributed by atoms with Gasteiger partial charge in [0.05, 0.1) is 0 Å². The molecule has 0 saturated carbocycles. The highest BCUT2D eigenvalue weighted by Crippen LogP contribution is 2.28. The van der Waals surface area contributed by atoms with Crippen molar-refractivity contribution in [1.82, 2.24) is 14.3 Å². The van der Waals surface area contributed by atoms with E-state index in [1.807, 2.05) is 24.5 Å². The van der Waals surface area contributed by atoms with Crippen molar-refractivity contribution in [1.29, 1.82) is 0 Å². The molecule has 1 fully saturated rings. The summed E-state index contributed by atoms with van der Waals surface area (Å²) >= 11 is 1.73. The van der Waals surface area contributed by atoms with Crippen LogP contribution in [0.4, 0.5) is 5.95 Å². The van der Waals surface area contributed by atoms with Crippen LogP contribution in [0, 0.1) is 5.92 Å². The van der Waals surface area contributed by atoms with E-state index in [1.54, 1.807) is 11.9 Å². The van der Waals surface area contributed by atoms with E-state index in [9.17, 15) is 5.11 Å². The average molecular weight is 504 g/mol. The van der Waals surface area contributed by atoms with Gasteiger partial charge in [0.15, 0.2) is 0 Å². The van der Waals surface area contributed by atoms with Gasteiger partial charge in [0.25, 0.3) is 0 Å². The van der Waals surface area contributed by atoms with Gasteiger partial charge in [-0.05, 0) is 78.8 Å². The predicted octanol–water partition coefficient (Wildman–Crippen LogP) is 5.20. The van der Waals surface area contributed by atoms with Crippen molar-refractivity contribution < 1.29 is 5.11 Å². The maximum Gasteiger partial charge on any atom is 0.226 e. The molecule has 0 radical (unpaired) electrons. The molecule has 1 aliphatic heterocycles. The molecule has 0 bridgehead atoms. The number of hydrogen-bond acceptors (Lipinski definition) is 7. The highest BCUT2D eigenvalue weighted by molar-refractivity contribution is 8.01. The summed E-state index contributed by atoms with van der Waals surface area (Å²) < 4.78 is 2.35. The molecule has 1 atom stereocenters. The van der Waals surface area contributed by atoms with Gasteiger partial charge < -0.3 is 16.2 Å². The second-order valence-electron chi connectivity index (χ2n) is 9.46. The highest BCUT2D eigenvalue weighted by atomic mass is 32.2. The fourth-order valence-corrected chi connectivity index (χ4v) is 5.39. The van der Waals surface area contributed by atoms with Gasteiger partial charge >= 0.3 is 0 Å². The number of benzene rings is 1. The van der Waals surface area contributed by atoms with Crippen molar-refractivity contribution in [3.05, 3.63) is 88.3 Å². The third-order valence-electron chi connectivity index (χ3n) is 6.70. The number of nitrogens with zero attached hydrogens (tertiary/aromatic N) is 3. The first-order chi connectivity index (χ1) is 17.6. The minimum Gasteiger partial charge on any atom is -0.396 e. The van der Waals surface area contributed by atoms with Gasteiger partial charge in [0.1, 0.15) is 0 Å². The topological polar surface area (TPSA) is 87.3 Å². The van der Waals surface area contributed by atoms with E-state index in [1.165, 1.54) is 16.7 Å². The average Bonchev–Trinajstić information content (AvgIpc) is 3.29. The Morgan fingerprint density at radius 1 is 1.14 bits per heavy atom. The fraction of sp³-hybridized carbons (Fsp3) is 0.379. The number of anilines is 1. The number of aromatic nitrogens is 2. The summed E-state index contributed by atoms with van der Waals surface area (Å²) in [7, 11) is 0. The zero-order chi connectivity index (χ0) is 25.3. The van der Waals surface area contributed by atoms with Crippen LogP contribution < -0.4 is 11.1 Å². The minimum absolute atomic E-state index is 0.252. The number of allylic oxidation sites excluding steroid dienone is 4. The molecule has 4 N–H and O–H groups in total. The summed E-state index contributed by atoms with van der Waals surface area (Å²) in [4.78, 5) is 10.1. The Morgan fingerprint density at radius 3 is 2.56 bits per heavy atom. The molecule has 2 aromatic rings. The van der Waals surface area contributed by atoms with Crippen LogP contribution in [0.2, 0.25) is 0 Å². The minimum atomic E-state index is 0.252. The van der Waals surface area contributed by atoms with Crippen molar-refractivity contribution in [2.45, 2.75) is 45.1 Å². The first kappa shape index (κ1) is 26.4. The standard InChI is InChI=1S/C29H37N5OS/c1-3-27(9-10-28(4-2)36-34-13-11-22(20-35)12-14-34)33-29-31-18-23(19-32-29)6-5-21-7-8-24-16-26(30)17-25(24)15-21/h4-10,15,18-19,22,26,35H,2-3,11-14,16-17,20,30H2,1H3,(H,31,32,33)/b6-5+,27-9+,28-10+. The molecule has 2 heterocycles. The number of aliphatic hydroxyl groups excluding tert-OH is 1. The monoisotopic (exact) mass is 503 g/mol. The first-order valence-electron chi connectivity index (χ1n) is 12.8. The molecule has 1 aromatic carbocycles. The van der Waals surface area contributed by atoms with Gasteiger partial charge in [-0.25, -0.2) is 14.3 Å². The van der Waals surface area contributed by atoms with E-state index in [-0.39, 0.29) is 6.04 Å². The third kappa shape index (κ3) is 7.40. The number of nitrogens with one attached hydrogen (secondary N) is 1. The molecule has 1 aliphatic carbocycles. The van der Waals surface area contributed by atoms with Crippen LogP contribution in [-0.2, 0) is 12.8 Å². The Morgan fingerprint density at radius 2 is 1.86 bits per heavy atom. The lowest BCUT2D eigenvalue weighted by Gasteiger charge is -2.30. The van der Waals surface area contributed by atoms with E-state index < -0.39 is 0 Å². The predicted molar refractivity (Wildman–Crippen MR) is 152 cm³/mol. The van der Waals surface area contributed by atoms with Gasteiger partial charge in [0, 0.05) is 54.3 Å². The van der Waals surface area contributed by atoms with Crippen LogP contribution in [0.1, 0.15) is 48.4 Å². The summed E-state index contributed by atoms with van der Waals surface area (Å²) in [6.45, 7) is 8.34. The Labute approximate surface area is 219 Å². The van der Waals surface area contributed by atoms with Crippen molar-refractivity contribution in [2.24, 2.45) is 11.7 Å². The third-order valence-corrected chi connectivity index (χ3v) is 7.84. The number of fused-ring (bicyclic) bond motifs is 1. The Balaban J connectivity index is 1.33. The lowest BCUT2D eigenvalue weighted by molar-refractivity contribution is 0.174. The van der Waals surface area contributed by atoms with Gasteiger partial charge in [0.2, 0.25) is 5.95 Å². The summed E-state index contributed by atoms with van der Waals surface area (Å²) in [5.74, 6) is 1.02. The molecule has 190 valence electrons.